The summed E-state index contributed by atoms with van der Waals surface area (Å²) in [6.45, 7) is 3.93. The van der Waals surface area contributed by atoms with Gasteiger partial charge in [0.15, 0.2) is 5.65 Å². The predicted molar refractivity (Wildman–Crippen MR) is 109 cm³/mol. The van der Waals surface area contributed by atoms with Crippen LogP contribution in [0.15, 0.2) is 48.9 Å². The van der Waals surface area contributed by atoms with Crippen molar-refractivity contribution in [3.05, 3.63) is 65.7 Å². The predicted octanol–water partition coefficient (Wildman–Crippen LogP) is 2.99. The molecule has 0 atom stereocenters. The molecule has 29 heavy (non-hydrogen) atoms. The second kappa shape index (κ2) is 7.67. The van der Waals surface area contributed by atoms with E-state index in [0.29, 0.717) is 11.4 Å². The van der Waals surface area contributed by atoms with Crippen molar-refractivity contribution in [3.63, 3.8) is 0 Å². The van der Waals surface area contributed by atoms with Crippen molar-refractivity contribution in [2.45, 2.75) is 20.3 Å². The maximum absolute atomic E-state index is 12.4. The number of methoxy groups -OCH3 is 1. The quantitative estimate of drug-likeness (QED) is 0.565. The van der Waals surface area contributed by atoms with Crippen molar-refractivity contribution >= 4 is 17.5 Å². The Balaban J connectivity index is 1.48. The van der Waals surface area contributed by atoms with Gasteiger partial charge in [0.05, 0.1) is 19.2 Å². The number of aromatic nitrogens is 5. The van der Waals surface area contributed by atoms with Crippen molar-refractivity contribution < 1.29 is 9.53 Å². The van der Waals surface area contributed by atoms with E-state index >= 15 is 0 Å². The zero-order valence-electron chi connectivity index (χ0n) is 16.4. The lowest BCUT2D eigenvalue weighted by Crippen LogP contribution is -2.15. The van der Waals surface area contributed by atoms with Crippen molar-refractivity contribution in [2.75, 3.05) is 12.4 Å². The van der Waals surface area contributed by atoms with Gasteiger partial charge < -0.3 is 4.74 Å². The smallest absolute Gasteiger partial charge is 0.249 e. The van der Waals surface area contributed by atoms with E-state index in [0.717, 1.165) is 28.1 Å². The minimum atomic E-state index is -0.207. The average molecular weight is 388 g/mol. The summed E-state index contributed by atoms with van der Waals surface area (Å²) in [5.41, 5.74) is 5.24. The molecule has 1 N–H and O–H groups in total. The highest BCUT2D eigenvalue weighted by Crippen LogP contribution is 2.22. The fraction of sp³-hybridized carbons (Fsp3) is 0.190. The van der Waals surface area contributed by atoms with Crippen LogP contribution in [-0.4, -0.2) is 37.6 Å². The molecule has 0 spiro atoms. The number of nitrogens with zero attached hydrogens (tertiary/aromatic N) is 5. The number of ether oxygens (including phenoxy) is 1. The molecule has 0 radical (unpaired) electrons. The molecule has 4 rings (SSSR count). The standard InChI is InChI=1S/C21H20N6O2/c1-13-8-15(12-23-20(13)16-4-6-22-14(2)9-16)10-19(28)25-21-24-18-11-17(29-3)5-7-27(18)26-21/h4-9,11-12H,10H2,1-3H3,(H,25,26,28). The number of amides is 1. The monoisotopic (exact) mass is 388 g/mol. The van der Waals surface area contributed by atoms with Crippen LogP contribution in [0.25, 0.3) is 16.9 Å². The lowest BCUT2D eigenvalue weighted by Gasteiger charge is -2.08. The molecule has 4 aromatic heterocycles. The highest BCUT2D eigenvalue weighted by Gasteiger charge is 2.11. The van der Waals surface area contributed by atoms with Crippen LogP contribution in [0.2, 0.25) is 0 Å². The van der Waals surface area contributed by atoms with Crippen LogP contribution in [0.4, 0.5) is 5.95 Å². The molecule has 8 heteroatoms. The SMILES string of the molecule is COc1ccn2nc(NC(=O)Cc3cnc(-c4ccnc(C)c4)c(C)c3)nc2c1. The number of carbonyl (C=O) groups excluding carboxylic acids is 1. The summed E-state index contributed by atoms with van der Waals surface area (Å²) in [7, 11) is 1.59. The van der Waals surface area contributed by atoms with Crippen molar-refractivity contribution in [2.24, 2.45) is 0 Å². The summed E-state index contributed by atoms with van der Waals surface area (Å²) < 4.78 is 6.75. The molecule has 0 saturated heterocycles. The number of anilines is 1. The van der Waals surface area contributed by atoms with E-state index in [9.17, 15) is 4.79 Å². The molecular formula is C21H20N6O2. The summed E-state index contributed by atoms with van der Waals surface area (Å²) in [4.78, 5) is 25.5. The molecule has 4 aromatic rings. The van der Waals surface area contributed by atoms with E-state index in [1.807, 2.05) is 32.0 Å². The van der Waals surface area contributed by atoms with Gasteiger partial charge in [-0.3, -0.25) is 20.1 Å². The largest absolute Gasteiger partial charge is 0.497 e. The van der Waals surface area contributed by atoms with E-state index in [1.165, 1.54) is 0 Å². The number of hydrogen-bond acceptors (Lipinski definition) is 6. The Bertz CT molecular complexity index is 1200. The highest BCUT2D eigenvalue weighted by atomic mass is 16.5. The molecule has 0 bridgehead atoms. The van der Waals surface area contributed by atoms with Crippen LogP contribution in [0.3, 0.4) is 0 Å². The molecule has 4 heterocycles. The van der Waals surface area contributed by atoms with Gasteiger partial charge in [-0.1, -0.05) is 6.07 Å². The molecule has 0 unspecified atom stereocenters. The van der Waals surface area contributed by atoms with Crippen LogP contribution >= 0.6 is 0 Å². The van der Waals surface area contributed by atoms with Gasteiger partial charge in [0.1, 0.15) is 5.75 Å². The number of rotatable bonds is 5. The van der Waals surface area contributed by atoms with E-state index in [1.54, 1.807) is 42.3 Å². The van der Waals surface area contributed by atoms with Gasteiger partial charge in [-0.15, -0.1) is 5.10 Å². The van der Waals surface area contributed by atoms with Crippen LogP contribution < -0.4 is 10.1 Å². The van der Waals surface area contributed by atoms with E-state index in [4.69, 9.17) is 4.74 Å². The zero-order valence-corrected chi connectivity index (χ0v) is 16.4. The zero-order chi connectivity index (χ0) is 20.4. The number of pyridine rings is 3. The number of carbonyl (C=O) groups is 1. The Morgan fingerprint density at radius 2 is 2.03 bits per heavy atom. The number of aryl methyl sites for hydroxylation is 2. The van der Waals surface area contributed by atoms with Gasteiger partial charge in [-0.05, 0) is 43.2 Å². The molecule has 0 aromatic carbocycles. The first-order chi connectivity index (χ1) is 14.0. The summed E-state index contributed by atoms with van der Waals surface area (Å²) in [5, 5.41) is 6.98. The minimum Gasteiger partial charge on any atom is -0.497 e. The third kappa shape index (κ3) is 4.06. The first-order valence-electron chi connectivity index (χ1n) is 9.10. The number of nitrogens with one attached hydrogen (secondary N) is 1. The summed E-state index contributed by atoms with van der Waals surface area (Å²) in [6.07, 6.45) is 5.40. The van der Waals surface area contributed by atoms with E-state index in [-0.39, 0.29) is 18.3 Å². The molecule has 146 valence electrons. The van der Waals surface area contributed by atoms with Crippen LogP contribution in [0.1, 0.15) is 16.8 Å². The third-order valence-corrected chi connectivity index (χ3v) is 4.47. The lowest BCUT2D eigenvalue weighted by atomic mass is 10.0. The van der Waals surface area contributed by atoms with Gasteiger partial charge in [0.2, 0.25) is 11.9 Å². The summed E-state index contributed by atoms with van der Waals surface area (Å²) in [5.74, 6) is 0.715. The second-order valence-electron chi connectivity index (χ2n) is 6.72. The maximum atomic E-state index is 12.4. The molecule has 0 aliphatic carbocycles. The highest BCUT2D eigenvalue weighted by molar-refractivity contribution is 5.90. The fourth-order valence-corrected chi connectivity index (χ4v) is 3.12. The van der Waals surface area contributed by atoms with Gasteiger partial charge in [0.25, 0.3) is 0 Å². The van der Waals surface area contributed by atoms with E-state index < -0.39 is 0 Å². The normalized spacial score (nSPS) is 10.9. The molecular weight excluding hydrogens is 368 g/mol. The van der Waals surface area contributed by atoms with Crippen molar-refractivity contribution in [3.8, 4) is 17.0 Å². The summed E-state index contributed by atoms with van der Waals surface area (Å²) >= 11 is 0. The van der Waals surface area contributed by atoms with Gasteiger partial charge in [0, 0.05) is 35.9 Å². The Hall–Kier alpha value is -3.81. The number of hydrogen-bond donors (Lipinski definition) is 1. The van der Waals surface area contributed by atoms with Crippen molar-refractivity contribution in [1.82, 2.24) is 24.6 Å². The Morgan fingerprint density at radius 3 is 2.79 bits per heavy atom. The number of fused-ring (bicyclic) bond motifs is 1. The molecule has 0 saturated carbocycles. The minimum absolute atomic E-state index is 0.183. The molecule has 1 amide bonds. The van der Waals surface area contributed by atoms with E-state index in [2.05, 4.69) is 25.4 Å². The topological polar surface area (TPSA) is 94.3 Å². The van der Waals surface area contributed by atoms with Crippen LogP contribution in [-0.2, 0) is 11.2 Å². The summed E-state index contributed by atoms with van der Waals surface area (Å²) in [6, 6.07) is 9.41. The van der Waals surface area contributed by atoms with Crippen LogP contribution in [0.5, 0.6) is 5.75 Å². The maximum Gasteiger partial charge on any atom is 0.249 e. The third-order valence-electron chi connectivity index (χ3n) is 4.47. The fourth-order valence-electron chi connectivity index (χ4n) is 3.12. The van der Waals surface area contributed by atoms with Crippen LogP contribution in [0, 0.1) is 13.8 Å². The first-order valence-corrected chi connectivity index (χ1v) is 9.10. The molecule has 0 fully saturated rings. The van der Waals surface area contributed by atoms with Gasteiger partial charge in [-0.25, -0.2) is 4.52 Å². The second-order valence-corrected chi connectivity index (χ2v) is 6.72. The molecule has 0 aliphatic rings. The van der Waals surface area contributed by atoms with Gasteiger partial charge in [-0.2, -0.15) is 4.98 Å². The Labute approximate surface area is 167 Å². The first kappa shape index (κ1) is 18.5. The molecule has 0 aliphatic heterocycles. The lowest BCUT2D eigenvalue weighted by molar-refractivity contribution is -0.115. The Kier molecular flexibility index (Phi) is 4.90. The van der Waals surface area contributed by atoms with Gasteiger partial charge >= 0.3 is 0 Å². The Morgan fingerprint density at radius 1 is 1.17 bits per heavy atom. The molecule has 8 nitrogen and oxygen atoms in total. The van der Waals surface area contributed by atoms with Crippen molar-refractivity contribution in [1.29, 1.82) is 0 Å². The average Bonchev–Trinajstić information content (AvgIpc) is 3.09.